The Labute approximate surface area is 438 Å². The van der Waals surface area contributed by atoms with Gasteiger partial charge in [0.05, 0.1) is 30.3 Å². The molecule has 3 amide bonds. The summed E-state index contributed by atoms with van der Waals surface area (Å²) in [7, 11) is 0. The number of hydrogen-bond donors (Lipinski definition) is 11. The van der Waals surface area contributed by atoms with Crippen LogP contribution in [0.1, 0.15) is 192 Å². The van der Waals surface area contributed by atoms with Crippen molar-refractivity contribution in [3.05, 3.63) is 18.2 Å². The highest BCUT2D eigenvalue weighted by molar-refractivity contribution is 5.92. The Morgan fingerprint density at radius 1 is 0.533 bits per heavy atom. The van der Waals surface area contributed by atoms with Gasteiger partial charge in [0, 0.05) is 82.1 Å². The molecule has 0 aliphatic rings. The van der Waals surface area contributed by atoms with E-state index in [-0.39, 0.29) is 70.8 Å². The van der Waals surface area contributed by atoms with Crippen molar-refractivity contribution >= 4 is 64.9 Å². The van der Waals surface area contributed by atoms with E-state index in [0.717, 1.165) is 70.6 Å². The molecule has 1 aromatic rings. The van der Waals surface area contributed by atoms with Crippen LogP contribution in [0.25, 0.3) is 0 Å². The normalized spacial score (nSPS) is 14.0. The number of aromatic nitrogens is 2. The zero-order valence-electron chi connectivity index (χ0n) is 43.6. The number of nitrogens with two attached hydrogens (primary N) is 1. The minimum atomic E-state index is -1.52. The number of amides is 3. The molecule has 424 valence electrons. The van der Waals surface area contributed by atoms with Gasteiger partial charge in [0.1, 0.15) is 23.7 Å². The van der Waals surface area contributed by atoms with Crippen molar-refractivity contribution in [3.8, 4) is 0 Å². The number of imidazole rings is 1. The van der Waals surface area contributed by atoms with Gasteiger partial charge in [-0.15, -0.1) is 0 Å². The van der Waals surface area contributed by atoms with Crippen LogP contribution >= 0.6 is 0 Å². The third-order valence-corrected chi connectivity index (χ3v) is 13.2. The summed E-state index contributed by atoms with van der Waals surface area (Å²) in [6.07, 6.45) is 13.6. The number of carbonyl (C=O) groups excluding carboxylic acids is 6. The Bertz CT molecular complexity index is 1940. The van der Waals surface area contributed by atoms with Gasteiger partial charge < -0.3 is 57.3 Å². The number of nitrogens with one attached hydrogen (secondary N) is 4. The number of aliphatic carboxylic acids is 5. The molecule has 0 radical (unpaired) electrons. The van der Waals surface area contributed by atoms with E-state index in [0.29, 0.717) is 25.0 Å². The summed E-state index contributed by atoms with van der Waals surface area (Å²) >= 11 is 0. The number of rotatable bonds is 48. The molecule has 0 aliphatic heterocycles. The Kier molecular flexibility index (Phi) is 35.1. The lowest BCUT2D eigenvalue weighted by Gasteiger charge is -2.21. The molecule has 75 heavy (non-hydrogen) atoms. The quantitative estimate of drug-likeness (QED) is 0.0396. The number of aliphatic hydroxyl groups is 1. The standard InChI is InChI=1S/C52H84N6O17/c1-34(59)39(50(70)71)31-43(61)35(29-44(62)40(53)30-37-32-54-33-56-37)18-16-17-27-55-45(63)26-24-42(52(74)75)58-47(65)25-21-36(49(68)69)28-38(60)22-23-41(51(72)73)57-46(64)19-14-12-10-8-6-4-2-3-5-7-9-11-13-15-20-48(66)67/h32-36,39-42,59H,2-31,53H2,1H3,(H,54,56)(H,55,63)(H,57,64)(H,58,65)(H,66,67)(H,68,69)(H,70,71)(H,72,73)(H,74,75)/t34-,35-,36-,39+,40+,41+,42+/m1/s1. The van der Waals surface area contributed by atoms with E-state index >= 15 is 0 Å². The molecule has 1 rings (SSSR count). The number of unbranched alkanes of at least 4 members (excludes halogenated alkanes) is 14. The predicted molar refractivity (Wildman–Crippen MR) is 272 cm³/mol. The van der Waals surface area contributed by atoms with Crippen LogP contribution in [0.3, 0.4) is 0 Å². The van der Waals surface area contributed by atoms with Crippen molar-refractivity contribution in [3.63, 3.8) is 0 Å². The average molecular weight is 1070 g/mol. The van der Waals surface area contributed by atoms with E-state index in [1.807, 2.05) is 0 Å². The van der Waals surface area contributed by atoms with Gasteiger partial charge in [-0.3, -0.25) is 43.2 Å². The highest BCUT2D eigenvalue weighted by atomic mass is 16.4. The number of nitrogens with zero attached hydrogens (tertiary/aromatic N) is 1. The van der Waals surface area contributed by atoms with Gasteiger partial charge in [-0.05, 0) is 51.9 Å². The van der Waals surface area contributed by atoms with Crippen molar-refractivity contribution in [2.24, 2.45) is 23.5 Å². The van der Waals surface area contributed by atoms with Crippen LogP contribution in [0.5, 0.6) is 0 Å². The van der Waals surface area contributed by atoms with E-state index in [9.17, 15) is 78.3 Å². The molecule has 7 atom stereocenters. The number of hydrogen-bond acceptors (Lipinski definition) is 14. The Morgan fingerprint density at radius 2 is 1.04 bits per heavy atom. The highest BCUT2D eigenvalue weighted by Gasteiger charge is 2.32. The molecule has 0 fully saturated rings. The first kappa shape index (κ1) is 66.9. The van der Waals surface area contributed by atoms with Gasteiger partial charge in [0.15, 0.2) is 5.78 Å². The van der Waals surface area contributed by atoms with Crippen LogP contribution in [-0.4, -0.2) is 136 Å². The van der Waals surface area contributed by atoms with Gasteiger partial charge in [-0.2, -0.15) is 0 Å². The first-order valence-electron chi connectivity index (χ1n) is 26.6. The summed E-state index contributed by atoms with van der Waals surface area (Å²) < 4.78 is 0. The monoisotopic (exact) mass is 1060 g/mol. The maximum absolute atomic E-state index is 13.2. The van der Waals surface area contributed by atoms with E-state index < -0.39 is 126 Å². The molecule has 23 heteroatoms. The molecule has 1 aromatic heterocycles. The molecule has 0 unspecified atom stereocenters. The number of carboxylic acid groups (broad SMARTS) is 5. The number of carbonyl (C=O) groups is 11. The van der Waals surface area contributed by atoms with Crippen molar-refractivity contribution in [2.75, 3.05) is 6.54 Å². The molecule has 0 aliphatic carbocycles. The fourth-order valence-corrected chi connectivity index (χ4v) is 8.50. The van der Waals surface area contributed by atoms with Crippen molar-refractivity contribution < 1.29 is 83.4 Å². The third-order valence-electron chi connectivity index (χ3n) is 13.2. The van der Waals surface area contributed by atoms with Gasteiger partial charge in [0.2, 0.25) is 17.7 Å². The molecule has 12 N–H and O–H groups in total. The first-order valence-corrected chi connectivity index (χ1v) is 26.6. The van der Waals surface area contributed by atoms with Crippen LogP contribution < -0.4 is 21.7 Å². The van der Waals surface area contributed by atoms with Crippen LogP contribution in [0, 0.1) is 17.8 Å². The van der Waals surface area contributed by atoms with E-state index in [2.05, 4.69) is 25.9 Å². The summed E-state index contributed by atoms with van der Waals surface area (Å²) in [6.45, 7) is 1.34. The molecule has 1 heterocycles. The number of aromatic amines is 1. The Hall–Kier alpha value is -6.10. The zero-order chi connectivity index (χ0) is 56.1. The molecule has 0 saturated carbocycles. The average Bonchev–Trinajstić information content (AvgIpc) is 3.86. The summed E-state index contributed by atoms with van der Waals surface area (Å²) in [5.74, 6) is -13.4. The van der Waals surface area contributed by atoms with E-state index in [4.69, 9.17) is 10.8 Å². The maximum atomic E-state index is 13.2. The van der Waals surface area contributed by atoms with Crippen molar-refractivity contribution in [1.82, 2.24) is 25.9 Å². The van der Waals surface area contributed by atoms with Crippen molar-refractivity contribution in [2.45, 2.75) is 217 Å². The second-order valence-corrected chi connectivity index (χ2v) is 19.6. The number of carboxylic acids is 5. The predicted octanol–water partition coefficient (Wildman–Crippen LogP) is 4.65. The van der Waals surface area contributed by atoms with E-state index in [1.54, 1.807) is 0 Å². The molecule has 0 bridgehead atoms. The molecular formula is C52H84N6O17. The first-order chi connectivity index (χ1) is 35.6. The van der Waals surface area contributed by atoms with Gasteiger partial charge >= 0.3 is 29.8 Å². The molecule has 0 spiro atoms. The topological polar surface area (TPSA) is 400 Å². The summed E-state index contributed by atoms with van der Waals surface area (Å²) in [5, 5.41) is 64.5. The summed E-state index contributed by atoms with van der Waals surface area (Å²) in [4.78, 5) is 142. The molecular weight excluding hydrogens is 981 g/mol. The second kappa shape index (κ2) is 39.3. The maximum Gasteiger partial charge on any atom is 0.326 e. The largest absolute Gasteiger partial charge is 0.481 e. The number of ketones is 3. The van der Waals surface area contributed by atoms with Crippen LogP contribution in [-0.2, 0) is 59.2 Å². The lowest BCUT2D eigenvalue weighted by atomic mass is 9.84. The summed E-state index contributed by atoms with van der Waals surface area (Å²) in [6, 6.07) is -3.85. The number of Topliss-reactive ketones (excluding diaryl/α,β-unsaturated/α-hetero) is 3. The van der Waals surface area contributed by atoms with Gasteiger partial charge in [-0.25, -0.2) is 14.6 Å². The van der Waals surface area contributed by atoms with Gasteiger partial charge in [0.25, 0.3) is 0 Å². The fourth-order valence-electron chi connectivity index (χ4n) is 8.50. The smallest absolute Gasteiger partial charge is 0.326 e. The number of aliphatic hydroxyl groups excluding tert-OH is 1. The van der Waals surface area contributed by atoms with Crippen LogP contribution in [0.4, 0.5) is 0 Å². The Balaban J connectivity index is 2.45. The zero-order valence-corrected chi connectivity index (χ0v) is 43.6. The third kappa shape index (κ3) is 32.7. The highest BCUT2D eigenvalue weighted by Crippen LogP contribution is 2.23. The lowest BCUT2D eigenvalue weighted by molar-refractivity contribution is -0.148. The van der Waals surface area contributed by atoms with Crippen LogP contribution in [0.2, 0.25) is 0 Å². The molecule has 0 saturated heterocycles. The van der Waals surface area contributed by atoms with Crippen molar-refractivity contribution in [1.29, 1.82) is 0 Å². The Morgan fingerprint density at radius 3 is 1.52 bits per heavy atom. The minimum Gasteiger partial charge on any atom is -0.481 e. The molecule has 0 aromatic carbocycles. The fraction of sp³-hybridized carbons (Fsp3) is 0.731. The van der Waals surface area contributed by atoms with Crippen LogP contribution in [0.15, 0.2) is 12.5 Å². The SMILES string of the molecule is C[C@@H](O)[C@H](CC(=O)[C@H](CCCCNC(=O)CC[C@H](NC(=O)CC[C@H](CC(=O)CC[C@H](NC(=O)CCCCCCCCCCCCCCCCC(=O)O)C(=O)O)C(=O)O)C(=O)O)CC(=O)[C@@H](N)Cc1cnc[nH]1)C(=O)O. The van der Waals surface area contributed by atoms with E-state index in [1.165, 1.54) is 32.3 Å². The second-order valence-electron chi connectivity index (χ2n) is 19.6. The molecule has 23 nitrogen and oxygen atoms in total. The number of H-pyrrole nitrogens is 1. The van der Waals surface area contributed by atoms with Gasteiger partial charge in [-0.1, -0.05) is 83.5 Å². The lowest BCUT2D eigenvalue weighted by Crippen LogP contribution is -2.42. The minimum absolute atomic E-state index is 0.0928. The summed E-state index contributed by atoms with van der Waals surface area (Å²) in [5.41, 5.74) is 6.68.